The Labute approximate surface area is 184 Å². The number of carbonyl (C=O) groups excluding carboxylic acids is 2. The highest BCUT2D eigenvalue weighted by molar-refractivity contribution is 5.75. The topological polar surface area (TPSA) is 90.6 Å². The number of benzene rings is 2. The molecule has 31 heavy (non-hydrogen) atoms. The molecule has 3 N–H and O–H groups in total. The normalized spacial score (nSPS) is 21.5. The van der Waals surface area contributed by atoms with Gasteiger partial charge in [-0.3, -0.25) is 4.79 Å². The van der Waals surface area contributed by atoms with Crippen molar-refractivity contribution in [2.45, 2.75) is 56.7 Å². The van der Waals surface area contributed by atoms with Crippen molar-refractivity contribution in [3.05, 3.63) is 71.8 Å². The maximum Gasteiger partial charge on any atom is 0.407 e. The van der Waals surface area contributed by atoms with Crippen molar-refractivity contribution in [1.29, 1.82) is 0 Å². The van der Waals surface area contributed by atoms with E-state index in [0.29, 0.717) is 19.3 Å². The van der Waals surface area contributed by atoms with Gasteiger partial charge in [-0.1, -0.05) is 74.5 Å². The molecule has 1 aliphatic carbocycles. The van der Waals surface area contributed by atoms with Gasteiger partial charge in [-0.2, -0.15) is 0 Å². The molecule has 1 fully saturated rings. The third kappa shape index (κ3) is 5.44. The summed E-state index contributed by atoms with van der Waals surface area (Å²) in [6.07, 6.45) is 0.988. The van der Waals surface area contributed by atoms with Crippen LogP contribution in [0.4, 0.5) is 4.79 Å². The van der Waals surface area contributed by atoms with Crippen molar-refractivity contribution in [2.24, 2.45) is 11.7 Å². The van der Waals surface area contributed by atoms with Crippen LogP contribution in [0, 0.1) is 5.92 Å². The van der Waals surface area contributed by atoms with E-state index in [9.17, 15) is 9.59 Å². The molecule has 0 saturated heterocycles. The van der Waals surface area contributed by atoms with Crippen molar-refractivity contribution in [3.63, 3.8) is 0 Å². The molecule has 6 heteroatoms. The summed E-state index contributed by atoms with van der Waals surface area (Å²) >= 11 is 0. The van der Waals surface area contributed by atoms with Gasteiger partial charge in [0.1, 0.15) is 6.61 Å². The number of hydrogen-bond acceptors (Lipinski definition) is 5. The largest absolute Gasteiger partial charge is 0.469 e. The van der Waals surface area contributed by atoms with Crippen LogP contribution in [0.25, 0.3) is 0 Å². The van der Waals surface area contributed by atoms with E-state index < -0.39 is 11.6 Å². The van der Waals surface area contributed by atoms with E-state index in [2.05, 4.69) is 31.3 Å². The Morgan fingerprint density at radius 1 is 1.10 bits per heavy atom. The molecule has 3 rings (SSSR count). The molecule has 1 amide bonds. The van der Waals surface area contributed by atoms with Gasteiger partial charge in [0.15, 0.2) is 0 Å². The van der Waals surface area contributed by atoms with E-state index in [0.717, 1.165) is 5.56 Å². The van der Waals surface area contributed by atoms with Crippen LogP contribution >= 0.6 is 0 Å². The highest BCUT2D eigenvalue weighted by Gasteiger charge is 2.53. The Balaban J connectivity index is 1.69. The molecular formula is C25H32N2O4. The molecule has 166 valence electrons. The Morgan fingerprint density at radius 3 is 2.26 bits per heavy atom. The van der Waals surface area contributed by atoms with E-state index in [1.165, 1.54) is 12.7 Å². The summed E-state index contributed by atoms with van der Waals surface area (Å²) in [5.41, 5.74) is 7.85. The quantitative estimate of drug-likeness (QED) is 0.627. The fourth-order valence-electron chi connectivity index (χ4n) is 4.37. The van der Waals surface area contributed by atoms with Gasteiger partial charge in [-0.25, -0.2) is 4.79 Å². The second-order valence-electron chi connectivity index (χ2n) is 9.03. The number of hydrogen-bond donors (Lipinski definition) is 2. The van der Waals surface area contributed by atoms with E-state index in [1.54, 1.807) is 0 Å². The van der Waals surface area contributed by atoms with Gasteiger partial charge in [0, 0.05) is 6.04 Å². The minimum Gasteiger partial charge on any atom is -0.469 e. The van der Waals surface area contributed by atoms with Crippen molar-refractivity contribution in [2.75, 3.05) is 7.11 Å². The van der Waals surface area contributed by atoms with E-state index in [1.807, 2.05) is 48.5 Å². The zero-order valence-electron chi connectivity index (χ0n) is 18.5. The first-order chi connectivity index (χ1) is 14.8. The van der Waals surface area contributed by atoms with Crippen molar-refractivity contribution < 1.29 is 19.1 Å². The predicted octanol–water partition coefficient (Wildman–Crippen LogP) is 3.93. The van der Waals surface area contributed by atoms with Gasteiger partial charge < -0.3 is 20.5 Å². The molecule has 0 heterocycles. The van der Waals surface area contributed by atoms with Crippen LogP contribution in [-0.4, -0.2) is 30.8 Å². The summed E-state index contributed by atoms with van der Waals surface area (Å²) in [6, 6.07) is 19.3. The van der Waals surface area contributed by atoms with E-state index >= 15 is 0 Å². The fraction of sp³-hybridized carbons (Fsp3) is 0.440. The highest BCUT2D eigenvalue weighted by Crippen LogP contribution is 2.44. The number of rotatable bonds is 8. The molecule has 1 saturated carbocycles. The number of alkyl carbamates (subject to hydrolysis) is 1. The fourth-order valence-corrected chi connectivity index (χ4v) is 4.37. The standard InChI is InChI=1S/C25H32N2O4/c1-24(2,20-12-8-5-9-13-20)16-21(26)25(14-19(15-25)22(28)30-3)27-23(29)31-17-18-10-6-4-7-11-18/h4-13,19,21H,14-17,26H2,1-3H3,(H,27,29). The molecule has 0 spiro atoms. The lowest BCUT2D eigenvalue weighted by molar-refractivity contribution is -0.152. The first kappa shape index (κ1) is 22.8. The van der Waals surface area contributed by atoms with Crippen molar-refractivity contribution in [3.8, 4) is 0 Å². The van der Waals surface area contributed by atoms with Crippen molar-refractivity contribution >= 4 is 12.1 Å². The third-order valence-electron chi connectivity index (χ3n) is 6.31. The summed E-state index contributed by atoms with van der Waals surface area (Å²) in [7, 11) is 1.38. The lowest BCUT2D eigenvalue weighted by atomic mass is 9.61. The van der Waals surface area contributed by atoms with Gasteiger partial charge in [0.05, 0.1) is 18.6 Å². The molecule has 1 atom stereocenters. The lowest BCUT2D eigenvalue weighted by Crippen LogP contribution is -2.68. The Hall–Kier alpha value is -2.86. The molecule has 6 nitrogen and oxygen atoms in total. The molecule has 0 bridgehead atoms. The Bertz CT molecular complexity index is 877. The molecule has 1 unspecified atom stereocenters. The maximum absolute atomic E-state index is 12.6. The number of ether oxygens (including phenoxy) is 2. The van der Waals surface area contributed by atoms with Gasteiger partial charge in [-0.05, 0) is 35.8 Å². The molecule has 0 radical (unpaired) electrons. The van der Waals surface area contributed by atoms with E-state index in [-0.39, 0.29) is 30.0 Å². The van der Waals surface area contributed by atoms with Crippen LogP contribution < -0.4 is 11.1 Å². The average molecular weight is 425 g/mol. The average Bonchev–Trinajstić information content (AvgIpc) is 2.75. The number of methoxy groups -OCH3 is 1. The highest BCUT2D eigenvalue weighted by atomic mass is 16.5. The maximum atomic E-state index is 12.6. The molecular weight excluding hydrogens is 392 g/mol. The first-order valence-corrected chi connectivity index (χ1v) is 10.6. The SMILES string of the molecule is COC(=O)C1CC(NC(=O)OCc2ccccc2)(C(N)CC(C)(C)c2ccccc2)C1. The Morgan fingerprint density at radius 2 is 1.68 bits per heavy atom. The monoisotopic (exact) mass is 424 g/mol. The van der Waals surface area contributed by atoms with Crippen LogP contribution in [0.3, 0.4) is 0 Å². The van der Waals surface area contributed by atoms with Crippen molar-refractivity contribution in [1.82, 2.24) is 5.32 Å². The summed E-state index contributed by atoms with van der Waals surface area (Å²) < 4.78 is 10.3. The summed E-state index contributed by atoms with van der Waals surface area (Å²) in [5.74, 6) is -0.546. The van der Waals surface area contributed by atoms with Crippen LogP contribution in [0.1, 0.15) is 44.2 Å². The molecule has 0 aromatic heterocycles. The minimum atomic E-state index is -0.710. The van der Waals surface area contributed by atoms with Gasteiger partial charge in [0.2, 0.25) is 0 Å². The van der Waals surface area contributed by atoms with E-state index in [4.69, 9.17) is 15.2 Å². The second-order valence-corrected chi connectivity index (χ2v) is 9.03. The summed E-state index contributed by atoms with van der Waals surface area (Å²) in [6.45, 7) is 4.45. The lowest BCUT2D eigenvalue weighted by Gasteiger charge is -2.51. The first-order valence-electron chi connectivity index (χ1n) is 10.6. The Kier molecular flexibility index (Phi) is 7.01. The van der Waals surface area contributed by atoms with Crippen LogP contribution in [-0.2, 0) is 26.3 Å². The summed E-state index contributed by atoms with van der Waals surface area (Å²) in [5, 5.41) is 2.99. The molecule has 0 aliphatic heterocycles. The third-order valence-corrected chi connectivity index (χ3v) is 6.31. The minimum absolute atomic E-state index is 0.175. The number of amides is 1. The van der Waals surface area contributed by atoms with Crippen LogP contribution in [0.2, 0.25) is 0 Å². The zero-order chi connectivity index (χ0) is 22.5. The van der Waals surface area contributed by atoms with Crippen LogP contribution in [0.15, 0.2) is 60.7 Å². The van der Waals surface area contributed by atoms with Gasteiger partial charge >= 0.3 is 12.1 Å². The van der Waals surface area contributed by atoms with Gasteiger partial charge in [-0.15, -0.1) is 0 Å². The number of nitrogens with one attached hydrogen (secondary N) is 1. The number of esters is 1. The van der Waals surface area contributed by atoms with Gasteiger partial charge in [0.25, 0.3) is 0 Å². The smallest absolute Gasteiger partial charge is 0.407 e. The zero-order valence-corrected chi connectivity index (χ0v) is 18.5. The molecule has 1 aliphatic rings. The number of nitrogens with two attached hydrogens (primary N) is 1. The van der Waals surface area contributed by atoms with Crippen LogP contribution in [0.5, 0.6) is 0 Å². The molecule has 2 aromatic rings. The second kappa shape index (κ2) is 9.52. The number of carbonyl (C=O) groups is 2. The molecule has 2 aromatic carbocycles. The predicted molar refractivity (Wildman–Crippen MR) is 119 cm³/mol. The summed E-state index contributed by atoms with van der Waals surface area (Å²) in [4.78, 5) is 24.6.